The van der Waals surface area contributed by atoms with Crippen molar-refractivity contribution in [1.29, 1.82) is 0 Å². The van der Waals surface area contributed by atoms with Gasteiger partial charge in [-0.1, -0.05) is 0 Å². The van der Waals surface area contributed by atoms with Crippen LogP contribution in [0.15, 0.2) is 36.4 Å². The first-order chi connectivity index (χ1) is 13.2. The van der Waals surface area contributed by atoms with Gasteiger partial charge in [0.1, 0.15) is 11.5 Å². The minimum absolute atomic E-state index is 0.0340. The van der Waals surface area contributed by atoms with Crippen molar-refractivity contribution in [1.82, 2.24) is 0 Å². The highest BCUT2D eigenvalue weighted by atomic mass is 16.6. The first-order valence-corrected chi connectivity index (χ1v) is 7.48. The van der Waals surface area contributed by atoms with Crippen molar-refractivity contribution in [3.05, 3.63) is 56.6 Å². The summed E-state index contributed by atoms with van der Waals surface area (Å²) in [7, 11) is 4.04. The number of carbonyl (C=O) groups is 1. The van der Waals surface area contributed by atoms with Gasteiger partial charge in [0, 0.05) is 24.3 Å². The van der Waals surface area contributed by atoms with Crippen molar-refractivity contribution >= 4 is 28.8 Å². The van der Waals surface area contributed by atoms with Gasteiger partial charge in [0.2, 0.25) is 0 Å². The lowest BCUT2D eigenvalue weighted by Crippen LogP contribution is -2.12. The van der Waals surface area contributed by atoms with Gasteiger partial charge >= 0.3 is 6.09 Å². The summed E-state index contributed by atoms with van der Waals surface area (Å²) in [5.41, 5.74) is 5.71. The molecule has 2 aromatic rings. The van der Waals surface area contributed by atoms with E-state index in [1.165, 1.54) is 57.7 Å². The summed E-state index contributed by atoms with van der Waals surface area (Å²) in [6, 6.07) is 7.93. The summed E-state index contributed by atoms with van der Waals surface area (Å²) in [4.78, 5) is 30.7. The zero-order valence-corrected chi connectivity index (χ0v) is 15.2. The molecule has 0 saturated heterocycles. The van der Waals surface area contributed by atoms with Crippen molar-refractivity contribution in [2.24, 2.45) is 0 Å². The van der Waals surface area contributed by atoms with E-state index in [4.69, 9.17) is 15.2 Å². The quantitative estimate of drug-likeness (QED) is 0.439. The van der Waals surface area contributed by atoms with Gasteiger partial charge in [-0.3, -0.25) is 25.5 Å². The second kappa shape index (κ2) is 10.2. The molecule has 0 bridgehead atoms. The molecule has 0 unspecified atom stereocenters. The maximum Gasteiger partial charge on any atom is 0.411 e. The zero-order chi connectivity index (χ0) is 21.3. The van der Waals surface area contributed by atoms with Gasteiger partial charge < -0.3 is 19.9 Å². The molecule has 150 valence electrons. The molecule has 2 rings (SSSR count). The Morgan fingerprint density at radius 1 is 0.929 bits per heavy atom. The molecule has 0 fully saturated rings. The molecule has 0 aliphatic heterocycles. The first kappa shape index (κ1) is 22.0. The predicted octanol–water partition coefficient (Wildman–Crippen LogP) is 2.97. The fourth-order valence-electron chi connectivity index (χ4n) is 1.90. The van der Waals surface area contributed by atoms with Crippen molar-refractivity contribution in [2.75, 3.05) is 32.4 Å². The van der Waals surface area contributed by atoms with Crippen LogP contribution < -0.4 is 20.5 Å². The summed E-state index contributed by atoms with van der Waals surface area (Å²) in [6.45, 7) is 0. The molecule has 12 nitrogen and oxygen atoms in total. The van der Waals surface area contributed by atoms with E-state index in [-0.39, 0.29) is 22.7 Å². The largest absolute Gasteiger partial charge is 0.495 e. The molecule has 0 spiro atoms. The Balaban J connectivity index is 0.000000292. The fourth-order valence-corrected chi connectivity index (χ4v) is 1.90. The number of benzene rings is 2. The Hall–Kier alpha value is -4.09. The van der Waals surface area contributed by atoms with E-state index in [9.17, 15) is 25.0 Å². The minimum atomic E-state index is -0.723. The molecule has 0 saturated carbocycles. The van der Waals surface area contributed by atoms with Crippen LogP contribution in [0.5, 0.6) is 11.5 Å². The van der Waals surface area contributed by atoms with Crippen molar-refractivity contribution in [3.63, 3.8) is 0 Å². The SMILES string of the molecule is COC(=O)Nc1cc([N+](=O)[O-])ccc1OC.COc1ccc([N+](=O)[O-])cc1N. The normalized spacial score (nSPS) is 9.39. The van der Waals surface area contributed by atoms with Crippen LogP contribution in [0.2, 0.25) is 0 Å². The van der Waals surface area contributed by atoms with Crippen molar-refractivity contribution < 1.29 is 28.9 Å². The van der Waals surface area contributed by atoms with E-state index < -0.39 is 15.9 Å². The lowest BCUT2D eigenvalue weighted by molar-refractivity contribution is -0.385. The average molecular weight is 394 g/mol. The Morgan fingerprint density at radius 3 is 1.86 bits per heavy atom. The molecule has 12 heteroatoms. The molecule has 0 aliphatic carbocycles. The molecule has 2 aromatic carbocycles. The number of nitrogens with zero attached hydrogens (tertiary/aromatic N) is 2. The third kappa shape index (κ3) is 6.01. The van der Waals surface area contributed by atoms with Gasteiger partial charge in [-0.25, -0.2) is 4.79 Å². The van der Waals surface area contributed by atoms with E-state index in [2.05, 4.69) is 10.1 Å². The third-order valence-corrected chi connectivity index (χ3v) is 3.24. The van der Waals surface area contributed by atoms with Crippen LogP contribution >= 0.6 is 0 Å². The van der Waals surface area contributed by atoms with E-state index >= 15 is 0 Å². The Morgan fingerprint density at radius 2 is 1.43 bits per heavy atom. The molecule has 1 amide bonds. The number of hydrogen-bond donors (Lipinski definition) is 2. The number of nitro benzene ring substituents is 2. The lowest BCUT2D eigenvalue weighted by atomic mass is 10.2. The number of nitrogens with one attached hydrogen (secondary N) is 1. The van der Waals surface area contributed by atoms with Crippen molar-refractivity contribution in [3.8, 4) is 11.5 Å². The molecular weight excluding hydrogens is 376 g/mol. The van der Waals surface area contributed by atoms with E-state index in [1.807, 2.05) is 0 Å². The van der Waals surface area contributed by atoms with Crippen LogP contribution in [0.1, 0.15) is 0 Å². The summed E-state index contributed by atoms with van der Waals surface area (Å²) < 4.78 is 14.1. The van der Waals surface area contributed by atoms with Crippen molar-refractivity contribution in [2.45, 2.75) is 0 Å². The van der Waals surface area contributed by atoms with Crippen LogP contribution in [0, 0.1) is 20.2 Å². The van der Waals surface area contributed by atoms with Gasteiger partial charge in [-0.05, 0) is 12.1 Å². The lowest BCUT2D eigenvalue weighted by Gasteiger charge is -2.08. The Bertz CT molecular complexity index is 872. The summed E-state index contributed by atoms with van der Waals surface area (Å²) in [5.74, 6) is 0.761. The van der Waals surface area contributed by atoms with Crippen LogP contribution in [0.3, 0.4) is 0 Å². The number of methoxy groups -OCH3 is 3. The minimum Gasteiger partial charge on any atom is -0.495 e. The van der Waals surface area contributed by atoms with Gasteiger partial charge in [-0.2, -0.15) is 0 Å². The topological polar surface area (TPSA) is 169 Å². The molecule has 0 heterocycles. The number of anilines is 2. The molecule has 0 radical (unpaired) electrons. The summed E-state index contributed by atoms with van der Waals surface area (Å²) in [6.07, 6.45) is -0.723. The molecular formula is C16H18N4O8. The Kier molecular flexibility index (Phi) is 7.96. The molecule has 0 atom stereocenters. The number of nitro groups is 2. The van der Waals surface area contributed by atoms with E-state index in [0.29, 0.717) is 11.5 Å². The summed E-state index contributed by atoms with van der Waals surface area (Å²) in [5, 5.41) is 23.1. The van der Waals surface area contributed by atoms with Gasteiger partial charge in [0.15, 0.2) is 0 Å². The smallest absolute Gasteiger partial charge is 0.411 e. The fraction of sp³-hybridized carbons (Fsp3) is 0.188. The number of nitrogens with two attached hydrogens (primary N) is 1. The second-order valence-corrected chi connectivity index (χ2v) is 4.94. The number of amides is 1. The van der Waals surface area contributed by atoms with Gasteiger partial charge in [0.05, 0.1) is 42.6 Å². The summed E-state index contributed by atoms with van der Waals surface area (Å²) >= 11 is 0. The number of rotatable bonds is 5. The van der Waals surface area contributed by atoms with Crippen LogP contribution in [-0.2, 0) is 4.74 Å². The Labute approximate surface area is 159 Å². The second-order valence-electron chi connectivity index (χ2n) is 4.94. The number of non-ortho nitro benzene ring substituents is 2. The molecule has 0 aliphatic rings. The average Bonchev–Trinajstić information content (AvgIpc) is 2.68. The van der Waals surface area contributed by atoms with Crippen LogP contribution in [0.25, 0.3) is 0 Å². The van der Waals surface area contributed by atoms with Crippen LogP contribution in [0.4, 0.5) is 27.5 Å². The molecule has 28 heavy (non-hydrogen) atoms. The van der Waals surface area contributed by atoms with E-state index in [0.717, 1.165) is 0 Å². The molecule has 3 N–H and O–H groups in total. The van der Waals surface area contributed by atoms with E-state index in [1.54, 1.807) is 0 Å². The highest BCUT2D eigenvalue weighted by Gasteiger charge is 2.13. The monoisotopic (exact) mass is 394 g/mol. The third-order valence-electron chi connectivity index (χ3n) is 3.24. The first-order valence-electron chi connectivity index (χ1n) is 7.48. The van der Waals surface area contributed by atoms with Gasteiger partial charge in [0.25, 0.3) is 11.4 Å². The van der Waals surface area contributed by atoms with Gasteiger partial charge in [-0.15, -0.1) is 0 Å². The van der Waals surface area contributed by atoms with Crippen LogP contribution in [-0.4, -0.2) is 37.3 Å². The number of ether oxygens (including phenoxy) is 3. The highest BCUT2D eigenvalue weighted by molar-refractivity contribution is 5.87. The number of nitrogen functional groups attached to an aromatic ring is 1. The number of hydrogen-bond acceptors (Lipinski definition) is 9. The maximum absolute atomic E-state index is 11.0. The molecule has 0 aromatic heterocycles. The maximum atomic E-state index is 11.0. The zero-order valence-electron chi connectivity index (χ0n) is 15.2. The number of carbonyl (C=O) groups excluding carboxylic acids is 1. The standard InChI is InChI=1S/C9H10N2O5.C7H8N2O3/c1-15-8-4-3-6(11(13)14)5-7(8)10-9(12)16-2;1-12-7-3-2-5(9(10)11)4-6(7)8/h3-5H,1-2H3,(H,10,12);2-4H,8H2,1H3. The predicted molar refractivity (Wildman–Crippen MR) is 99.7 cm³/mol. The highest BCUT2D eigenvalue weighted by Crippen LogP contribution is 2.29.